The van der Waals surface area contributed by atoms with E-state index in [1.807, 2.05) is 12.1 Å². The minimum Gasteiger partial charge on any atom is -0.493 e. The Kier molecular flexibility index (Phi) is 6.68. The summed E-state index contributed by atoms with van der Waals surface area (Å²) in [4.78, 5) is 12.6. The van der Waals surface area contributed by atoms with Gasteiger partial charge in [-0.1, -0.05) is 18.6 Å². The number of para-hydroxylation sites is 1. The molecule has 1 aliphatic rings. The van der Waals surface area contributed by atoms with E-state index in [0.717, 1.165) is 49.2 Å². The molecule has 0 radical (unpaired) electrons. The SMILES string of the molecule is COc1cccc(CCC(=O)Nc2cc(-c3nnc4n3CCCCC4)ccc2F)c1OC. The number of hydrogen-bond acceptors (Lipinski definition) is 5. The fourth-order valence-electron chi connectivity index (χ4n) is 4.07. The molecular formula is C24H27FN4O3. The van der Waals surface area contributed by atoms with Crippen LogP contribution in [0.4, 0.5) is 10.1 Å². The van der Waals surface area contributed by atoms with Crippen molar-refractivity contribution in [2.75, 3.05) is 19.5 Å². The maximum atomic E-state index is 14.5. The third kappa shape index (κ3) is 4.59. The summed E-state index contributed by atoms with van der Waals surface area (Å²) in [5.41, 5.74) is 1.72. The molecule has 0 spiro atoms. The van der Waals surface area contributed by atoms with Crippen LogP contribution in [-0.2, 0) is 24.2 Å². The van der Waals surface area contributed by atoms with Gasteiger partial charge >= 0.3 is 0 Å². The third-order valence-electron chi connectivity index (χ3n) is 5.71. The Bertz CT molecular complexity index is 1110. The Hall–Kier alpha value is -3.42. The van der Waals surface area contributed by atoms with Gasteiger partial charge in [-0.15, -0.1) is 10.2 Å². The molecule has 1 aromatic heterocycles. The summed E-state index contributed by atoms with van der Waals surface area (Å²) in [5.74, 6) is 2.10. The highest BCUT2D eigenvalue weighted by Gasteiger charge is 2.18. The molecule has 7 nitrogen and oxygen atoms in total. The molecule has 0 saturated heterocycles. The number of aryl methyl sites for hydroxylation is 2. The van der Waals surface area contributed by atoms with Crippen LogP contribution in [0, 0.1) is 5.82 Å². The van der Waals surface area contributed by atoms with Crippen LogP contribution in [0.1, 0.15) is 37.1 Å². The highest BCUT2D eigenvalue weighted by atomic mass is 19.1. The van der Waals surface area contributed by atoms with Crippen molar-refractivity contribution in [2.45, 2.75) is 45.1 Å². The molecule has 0 saturated carbocycles. The monoisotopic (exact) mass is 438 g/mol. The molecule has 4 rings (SSSR count). The highest BCUT2D eigenvalue weighted by Crippen LogP contribution is 2.32. The third-order valence-corrected chi connectivity index (χ3v) is 5.71. The molecule has 0 bridgehead atoms. The van der Waals surface area contributed by atoms with Gasteiger partial charge in [-0.2, -0.15) is 0 Å². The van der Waals surface area contributed by atoms with Gasteiger partial charge in [-0.25, -0.2) is 4.39 Å². The highest BCUT2D eigenvalue weighted by molar-refractivity contribution is 5.91. The first-order valence-corrected chi connectivity index (χ1v) is 10.8. The summed E-state index contributed by atoms with van der Waals surface area (Å²) < 4.78 is 27.3. The number of nitrogens with zero attached hydrogens (tertiary/aromatic N) is 3. The van der Waals surface area contributed by atoms with Crippen molar-refractivity contribution in [1.29, 1.82) is 0 Å². The zero-order valence-electron chi connectivity index (χ0n) is 18.4. The Labute approximate surface area is 186 Å². The molecule has 168 valence electrons. The number of nitrogens with one attached hydrogen (secondary N) is 1. The first-order chi connectivity index (χ1) is 15.6. The topological polar surface area (TPSA) is 78.3 Å². The maximum Gasteiger partial charge on any atom is 0.224 e. The van der Waals surface area contributed by atoms with Crippen molar-refractivity contribution in [3.63, 3.8) is 0 Å². The van der Waals surface area contributed by atoms with E-state index in [-0.39, 0.29) is 18.0 Å². The molecule has 0 fully saturated rings. The van der Waals surface area contributed by atoms with Crippen LogP contribution < -0.4 is 14.8 Å². The molecule has 2 aromatic carbocycles. The predicted octanol–water partition coefficient (Wildman–Crippen LogP) is 4.40. The van der Waals surface area contributed by atoms with Gasteiger partial charge < -0.3 is 19.4 Å². The van der Waals surface area contributed by atoms with Crippen molar-refractivity contribution >= 4 is 11.6 Å². The van der Waals surface area contributed by atoms with Crippen molar-refractivity contribution in [2.24, 2.45) is 0 Å². The van der Waals surface area contributed by atoms with E-state index in [1.165, 1.54) is 6.07 Å². The molecule has 8 heteroatoms. The number of fused-ring (bicyclic) bond motifs is 1. The molecule has 1 aliphatic heterocycles. The van der Waals surface area contributed by atoms with Gasteiger partial charge in [0.05, 0.1) is 19.9 Å². The summed E-state index contributed by atoms with van der Waals surface area (Å²) in [7, 11) is 3.13. The average molecular weight is 439 g/mol. The number of carbonyl (C=O) groups is 1. The van der Waals surface area contributed by atoms with E-state index in [2.05, 4.69) is 20.1 Å². The zero-order chi connectivity index (χ0) is 22.5. The molecule has 0 atom stereocenters. The minimum atomic E-state index is -0.489. The van der Waals surface area contributed by atoms with Gasteiger partial charge in [0.15, 0.2) is 17.3 Å². The molecule has 2 heterocycles. The molecule has 0 aliphatic carbocycles. The number of ether oxygens (including phenoxy) is 2. The lowest BCUT2D eigenvalue weighted by atomic mass is 10.1. The van der Waals surface area contributed by atoms with Crippen molar-refractivity contribution < 1.29 is 18.7 Å². The second kappa shape index (κ2) is 9.80. The van der Waals surface area contributed by atoms with E-state index >= 15 is 0 Å². The Morgan fingerprint density at radius 3 is 2.81 bits per heavy atom. The maximum absolute atomic E-state index is 14.5. The van der Waals surface area contributed by atoms with E-state index < -0.39 is 5.82 Å². The molecule has 1 N–H and O–H groups in total. The molecule has 3 aromatic rings. The summed E-state index contributed by atoms with van der Waals surface area (Å²) in [6.45, 7) is 0.846. The minimum absolute atomic E-state index is 0.135. The standard InChI is InChI=1S/C24H27FN4O3/c1-31-20-8-6-7-16(23(20)32-2)11-13-22(30)26-19-15-17(10-12-18(19)25)24-28-27-21-9-4-3-5-14-29(21)24/h6-8,10,12,15H,3-5,9,11,13-14H2,1-2H3,(H,26,30). The summed E-state index contributed by atoms with van der Waals surface area (Å²) in [6.07, 6.45) is 4.83. The second-order valence-electron chi connectivity index (χ2n) is 7.80. The van der Waals surface area contributed by atoms with Crippen LogP contribution in [0.25, 0.3) is 11.4 Å². The first-order valence-electron chi connectivity index (χ1n) is 10.8. The van der Waals surface area contributed by atoms with Crippen molar-refractivity contribution in [3.05, 3.63) is 53.6 Å². The number of methoxy groups -OCH3 is 2. The smallest absolute Gasteiger partial charge is 0.224 e. The predicted molar refractivity (Wildman–Crippen MR) is 119 cm³/mol. The summed E-state index contributed by atoms with van der Waals surface area (Å²) >= 11 is 0. The number of halogens is 1. The van der Waals surface area contributed by atoms with Gasteiger partial charge in [-0.05, 0) is 49.1 Å². The lowest BCUT2D eigenvalue weighted by molar-refractivity contribution is -0.116. The fraction of sp³-hybridized carbons (Fsp3) is 0.375. The van der Waals surface area contributed by atoms with Gasteiger partial charge in [0.1, 0.15) is 11.6 Å². The average Bonchev–Trinajstić information content (AvgIpc) is 3.06. The van der Waals surface area contributed by atoms with Gasteiger partial charge in [0.2, 0.25) is 5.91 Å². The van der Waals surface area contributed by atoms with Crippen molar-refractivity contribution in [3.8, 4) is 22.9 Å². The Balaban J connectivity index is 1.48. The summed E-state index contributed by atoms with van der Waals surface area (Å²) in [6, 6.07) is 10.2. The number of carbonyl (C=O) groups excluding carboxylic acids is 1. The lowest BCUT2D eigenvalue weighted by Crippen LogP contribution is -2.14. The van der Waals surface area contributed by atoms with Crippen LogP contribution in [0.5, 0.6) is 11.5 Å². The van der Waals surface area contributed by atoms with Gasteiger partial charge in [0.25, 0.3) is 0 Å². The zero-order valence-corrected chi connectivity index (χ0v) is 18.4. The van der Waals surface area contributed by atoms with Crippen LogP contribution >= 0.6 is 0 Å². The quantitative estimate of drug-likeness (QED) is 0.592. The lowest BCUT2D eigenvalue weighted by Gasteiger charge is -2.13. The first kappa shape index (κ1) is 21.8. The summed E-state index contributed by atoms with van der Waals surface area (Å²) in [5, 5.41) is 11.3. The molecule has 32 heavy (non-hydrogen) atoms. The van der Waals surface area contributed by atoms with Crippen LogP contribution in [0.3, 0.4) is 0 Å². The number of rotatable bonds is 7. The van der Waals surface area contributed by atoms with Crippen LogP contribution in [-0.4, -0.2) is 34.9 Å². The number of anilines is 1. The number of benzene rings is 2. The molecule has 1 amide bonds. The number of aromatic nitrogens is 3. The molecular weight excluding hydrogens is 411 g/mol. The van der Waals surface area contributed by atoms with Gasteiger partial charge in [0, 0.05) is 24.9 Å². The van der Waals surface area contributed by atoms with E-state index in [1.54, 1.807) is 32.4 Å². The van der Waals surface area contributed by atoms with E-state index in [0.29, 0.717) is 23.7 Å². The van der Waals surface area contributed by atoms with Crippen LogP contribution in [0.15, 0.2) is 36.4 Å². The van der Waals surface area contributed by atoms with Crippen LogP contribution in [0.2, 0.25) is 0 Å². The number of amides is 1. The largest absolute Gasteiger partial charge is 0.493 e. The fourth-order valence-corrected chi connectivity index (χ4v) is 4.07. The Morgan fingerprint density at radius 2 is 2.00 bits per heavy atom. The number of hydrogen-bond donors (Lipinski definition) is 1. The van der Waals surface area contributed by atoms with E-state index in [4.69, 9.17) is 9.47 Å². The van der Waals surface area contributed by atoms with E-state index in [9.17, 15) is 9.18 Å². The normalized spacial score (nSPS) is 13.2. The second-order valence-corrected chi connectivity index (χ2v) is 7.80. The Morgan fingerprint density at radius 1 is 1.12 bits per heavy atom. The molecule has 0 unspecified atom stereocenters. The van der Waals surface area contributed by atoms with Crippen molar-refractivity contribution in [1.82, 2.24) is 14.8 Å². The van der Waals surface area contributed by atoms with Gasteiger partial charge in [-0.3, -0.25) is 4.79 Å².